The number of esters is 3. The second-order valence-electron chi connectivity index (χ2n) is 17.8. The van der Waals surface area contributed by atoms with E-state index in [1.165, 1.54) is 96.3 Å². The van der Waals surface area contributed by atoms with Crippen LogP contribution in [0.25, 0.3) is 0 Å². The number of allylic oxidation sites excluding steroid dienone is 12. The number of unbranched alkanes of at least 4 members (excludes halogenated alkanes) is 25. The lowest BCUT2D eigenvalue weighted by atomic mass is 10.1. The summed E-state index contributed by atoms with van der Waals surface area (Å²) in [6, 6.07) is 0. The summed E-state index contributed by atoms with van der Waals surface area (Å²) in [5, 5.41) is 0. The van der Waals surface area contributed by atoms with Crippen LogP contribution in [0.3, 0.4) is 0 Å². The first-order chi connectivity index (χ1) is 31.5. The molecule has 6 nitrogen and oxygen atoms in total. The highest BCUT2D eigenvalue weighted by Crippen LogP contribution is 2.14. The van der Waals surface area contributed by atoms with Crippen molar-refractivity contribution < 1.29 is 28.6 Å². The quantitative estimate of drug-likeness (QED) is 0.0262. The summed E-state index contributed by atoms with van der Waals surface area (Å²) in [4.78, 5) is 38.0. The van der Waals surface area contributed by atoms with Crippen molar-refractivity contribution in [3.8, 4) is 0 Å². The zero-order chi connectivity index (χ0) is 46.5. The molecule has 0 spiro atoms. The van der Waals surface area contributed by atoms with E-state index in [4.69, 9.17) is 14.2 Å². The Balaban J connectivity index is 4.36. The van der Waals surface area contributed by atoms with Crippen LogP contribution in [0.15, 0.2) is 72.9 Å². The third-order valence-corrected chi connectivity index (χ3v) is 11.4. The standard InChI is InChI=1S/C58H100O6/c1-4-7-10-13-16-19-22-24-26-27-28-29-30-31-33-34-36-39-42-45-48-51-57(60)63-54-55(53-62-56(59)50-47-44-41-38-21-18-15-12-9-6-3)64-58(61)52-49-46-43-40-37-35-32-25-23-20-17-14-11-8-5-2/h12,15,17,20,22,24-25,27-28,30-32,55H,4-11,13-14,16,18-19,21,23,26,29,33-54H2,1-3H3/b15-12-,20-17-,24-22-,28-27-,31-30-,32-25-. The van der Waals surface area contributed by atoms with E-state index in [0.717, 1.165) is 122 Å². The van der Waals surface area contributed by atoms with Crippen molar-refractivity contribution in [1.82, 2.24) is 0 Å². The van der Waals surface area contributed by atoms with Crippen LogP contribution in [0, 0.1) is 0 Å². The van der Waals surface area contributed by atoms with Gasteiger partial charge in [0.25, 0.3) is 0 Å². The van der Waals surface area contributed by atoms with Gasteiger partial charge >= 0.3 is 17.9 Å². The van der Waals surface area contributed by atoms with Crippen molar-refractivity contribution in [2.75, 3.05) is 13.2 Å². The number of hydrogen-bond donors (Lipinski definition) is 0. The average Bonchev–Trinajstić information content (AvgIpc) is 3.29. The Hall–Kier alpha value is -3.15. The molecular weight excluding hydrogens is 793 g/mol. The van der Waals surface area contributed by atoms with Crippen LogP contribution < -0.4 is 0 Å². The lowest BCUT2D eigenvalue weighted by molar-refractivity contribution is -0.167. The maximum absolute atomic E-state index is 12.8. The maximum atomic E-state index is 12.8. The summed E-state index contributed by atoms with van der Waals surface area (Å²) >= 11 is 0. The van der Waals surface area contributed by atoms with Crippen molar-refractivity contribution in [3.63, 3.8) is 0 Å². The minimum Gasteiger partial charge on any atom is -0.462 e. The van der Waals surface area contributed by atoms with Crippen LogP contribution >= 0.6 is 0 Å². The number of rotatable bonds is 48. The fraction of sp³-hybridized carbons (Fsp3) is 0.741. The molecule has 0 radical (unpaired) electrons. The zero-order valence-electron chi connectivity index (χ0n) is 42.0. The Labute approximate surface area is 395 Å². The van der Waals surface area contributed by atoms with Crippen molar-refractivity contribution >= 4 is 17.9 Å². The summed E-state index contributed by atoms with van der Waals surface area (Å²) < 4.78 is 16.8. The fourth-order valence-corrected chi connectivity index (χ4v) is 7.30. The number of carbonyl (C=O) groups is 3. The predicted octanol–water partition coefficient (Wildman–Crippen LogP) is 17.8. The average molecular weight is 893 g/mol. The highest BCUT2D eigenvalue weighted by atomic mass is 16.6. The van der Waals surface area contributed by atoms with Gasteiger partial charge in [0.1, 0.15) is 13.2 Å². The zero-order valence-corrected chi connectivity index (χ0v) is 42.0. The van der Waals surface area contributed by atoms with Crippen molar-refractivity contribution in [2.24, 2.45) is 0 Å². The van der Waals surface area contributed by atoms with Gasteiger partial charge in [0.15, 0.2) is 6.10 Å². The van der Waals surface area contributed by atoms with Crippen LogP contribution in [0.2, 0.25) is 0 Å². The Morgan fingerprint density at radius 3 is 0.984 bits per heavy atom. The molecule has 1 atom stereocenters. The van der Waals surface area contributed by atoms with E-state index >= 15 is 0 Å². The van der Waals surface area contributed by atoms with Gasteiger partial charge in [-0.25, -0.2) is 0 Å². The van der Waals surface area contributed by atoms with Crippen LogP contribution in [0.5, 0.6) is 0 Å². The van der Waals surface area contributed by atoms with Gasteiger partial charge in [0.2, 0.25) is 0 Å². The summed E-state index contributed by atoms with van der Waals surface area (Å²) in [6.07, 6.45) is 66.0. The molecule has 0 aliphatic rings. The number of carbonyl (C=O) groups excluding carboxylic acids is 3. The molecule has 0 aromatic heterocycles. The van der Waals surface area contributed by atoms with Gasteiger partial charge in [-0.1, -0.05) is 203 Å². The van der Waals surface area contributed by atoms with E-state index in [2.05, 4.69) is 93.7 Å². The summed E-state index contributed by atoms with van der Waals surface area (Å²) in [5.74, 6) is -0.925. The van der Waals surface area contributed by atoms with Crippen molar-refractivity contribution in [1.29, 1.82) is 0 Å². The fourth-order valence-electron chi connectivity index (χ4n) is 7.30. The number of hydrogen-bond acceptors (Lipinski definition) is 6. The molecule has 0 aliphatic heterocycles. The number of ether oxygens (including phenoxy) is 3. The highest BCUT2D eigenvalue weighted by Gasteiger charge is 2.19. The highest BCUT2D eigenvalue weighted by molar-refractivity contribution is 5.71. The molecule has 64 heavy (non-hydrogen) atoms. The molecule has 0 amide bonds. The SMILES string of the molecule is CCC/C=C\CCCCCCCC(=O)OCC(COC(=O)CCCCCCCC/C=C\C/C=C\C/C=C\CCCCCCC)OC(=O)CCCCCCC/C=C\C/C=C\CCCCC. The van der Waals surface area contributed by atoms with Gasteiger partial charge in [-0.15, -0.1) is 0 Å². The van der Waals surface area contributed by atoms with E-state index in [-0.39, 0.29) is 31.1 Å². The van der Waals surface area contributed by atoms with E-state index in [1.807, 2.05) is 0 Å². The molecule has 368 valence electrons. The third-order valence-electron chi connectivity index (χ3n) is 11.4. The van der Waals surface area contributed by atoms with Crippen LogP contribution in [-0.2, 0) is 28.6 Å². The van der Waals surface area contributed by atoms with E-state index in [0.29, 0.717) is 19.3 Å². The minimum atomic E-state index is -0.791. The Morgan fingerprint density at radius 1 is 0.312 bits per heavy atom. The molecule has 0 heterocycles. The van der Waals surface area contributed by atoms with Gasteiger partial charge in [-0.05, 0) is 109 Å². The summed E-state index contributed by atoms with van der Waals surface area (Å²) in [6.45, 7) is 6.51. The first kappa shape index (κ1) is 60.9. The van der Waals surface area contributed by atoms with Gasteiger partial charge in [0, 0.05) is 19.3 Å². The van der Waals surface area contributed by atoms with Crippen LogP contribution in [0.4, 0.5) is 0 Å². The van der Waals surface area contributed by atoms with Crippen LogP contribution in [0.1, 0.15) is 258 Å². The van der Waals surface area contributed by atoms with Gasteiger partial charge in [-0.3, -0.25) is 14.4 Å². The lowest BCUT2D eigenvalue weighted by Crippen LogP contribution is -2.30. The van der Waals surface area contributed by atoms with Gasteiger partial charge in [0.05, 0.1) is 0 Å². The molecule has 0 saturated carbocycles. The molecule has 0 aromatic rings. The Kier molecular flexibility index (Phi) is 49.9. The Bertz CT molecular complexity index is 1210. The molecule has 0 fully saturated rings. The molecule has 0 N–H and O–H groups in total. The van der Waals surface area contributed by atoms with Gasteiger partial charge in [-0.2, -0.15) is 0 Å². The first-order valence-electron chi connectivity index (χ1n) is 26.9. The smallest absolute Gasteiger partial charge is 0.306 e. The lowest BCUT2D eigenvalue weighted by Gasteiger charge is -2.18. The topological polar surface area (TPSA) is 78.9 Å². The van der Waals surface area contributed by atoms with E-state index < -0.39 is 6.10 Å². The van der Waals surface area contributed by atoms with Gasteiger partial charge < -0.3 is 14.2 Å². The second kappa shape index (κ2) is 52.5. The van der Waals surface area contributed by atoms with Crippen molar-refractivity contribution in [3.05, 3.63) is 72.9 Å². The molecular formula is C58H100O6. The monoisotopic (exact) mass is 893 g/mol. The molecule has 0 saturated heterocycles. The van der Waals surface area contributed by atoms with Crippen LogP contribution in [-0.4, -0.2) is 37.2 Å². The normalized spacial score (nSPS) is 12.6. The van der Waals surface area contributed by atoms with E-state index in [9.17, 15) is 14.4 Å². The predicted molar refractivity (Wildman–Crippen MR) is 274 cm³/mol. The first-order valence-corrected chi connectivity index (χ1v) is 26.9. The molecule has 0 aromatic carbocycles. The van der Waals surface area contributed by atoms with Crippen molar-refractivity contribution in [2.45, 2.75) is 264 Å². The summed E-state index contributed by atoms with van der Waals surface area (Å²) in [5.41, 5.74) is 0. The molecule has 0 bridgehead atoms. The molecule has 0 rings (SSSR count). The Morgan fingerprint density at radius 2 is 0.594 bits per heavy atom. The molecule has 6 heteroatoms. The third kappa shape index (κ3) is 49.9. The molecule has 1 unspecified atom stereocenters. The summed E-state index contributed by atoms with van der Waals surface area (Å²) in [7, 11) is 0. The minimum absolute atomic E-state index is 0.0903. The largest absolute Gasteiger partial charge is 0.462 e. The maximum Gasteiger partial charge on any atom is 0.306 e. The molecule has 0 aliphatic carbocycles. The van der Waals surface area contributed by atoms with E-state index in [1.54, 1.807) is 0 Å². The second-order valence-corrected chi connectivity index (χ2v) is 17.8.